The Bertz CT molecular complexity index is 314. The minimum Gasteiger partial charge on any atom is -0.395 e. The molecular weight excluding hydrogens is 192 g/mol. The highest BCUT2D eigenvalue weighted by Crippen LogP contribution is 2.11. The number of hydrogen-bond donors (Lipinski definition) is 2. The maximum atomic E-state index is 11.7. The summed E-state index contributed by atoms with van der Waals surface area (Å²) in [6, 6.07) is 8.54. The zero-order valence-electron chi connectivity index (χ0n) is 8.76. The summed E-state index contributed by atoms with van der Waals surface area (Å²) in [7, 11) is 1.63. The third-order valence-corrected chi connectivity index (χ3v) is 2.24. The molecule has 0 aromatic heterocycles. The predicted octanol–water partition coefficient (Wildman–Crippen LogP) is 0.137. The number of likely N-dealkylation sites (N-methyl/N-ethyl adjacent to an activating group) is 1. The lowest BCUT2D eigenvalue weighted by Crippen LogP contribution is -2.37. The first-order valence-electron chi connectivity index (χ1n) is 4.83. The quantitative estimate of drug-likeness (QED) is 0.739. The molecule has 0 heterocycles. The van der Waals surface area contributed by atoms with Gasteiger partial charge in [-0.15, -0.1) is 0 Å². The van der Waals surface area contributed by atoms with E-state index in [1.165, 1.54) is 4.90 Å². The molecule has 1 unspecified atom stereocenters. The second kappa shape index (κ2) is 5.48. The van der Waals surface area contributed by atoms with E-state index < -0.39 is 6.04 Å². The topological polar surface area (TPSA) is 66.6 Å². The van der Waals surface area contributed by atoms with Gasteiger partial charge >= 0.3 is 0 Å². The van der Waals surface area contributed by atoms with Gasteiger partial charge in [0.15, 0.2) is 0 Å². The first-order valence-corrected chi connectivity index (χ1v) is 4.83. The van der Waals surface area contributed by atoms with Crippen LogP contribution < -0.4 is 5.73 Å². The molecule has 15 heavy (non-hydrogen) atoms. The Hall–Kier alpha value is -1.39. The van der Waals surface area contributed by atoms with Gasteiger partial charge in [0, 0.05) is 13.6 Å². The molecule has 1 atom stereocenters. The molecule has 0 aliphatic carbocycles. The van der Waals surface area contributed by atoms with Crippen molar-refractivity contribution in [1.82, 2.24) is 4.90 Å². The van der Waals surface area contributed by atoms with Crippen LogP contribution in [0.3, 0.4) is 0 Å². The number of amides is 1. The number of nitrogens with zero attached hydrogens (tertiary/aromatic N) is 1. The van der Waals surface area contributed by atoms with Crippen LogP contribution in [0, 0.1) is 0 Å². The molecule has 0 fully saturated rings. The van der Waals surface area contributed by atoms with E-state index in [-0.39, 0.29) is 12.5 Å². The van der Waals surface area contributed by atoms with Crippen LogP contribution in [0.25, 0.3) is 0 Å². The van der Waals surface area contributed by atoms with Crippen LogP contribution in [0.1, 0.15) is 11.6 Å². The molecule has 3 N–H and O–H groups in total. The molecule has 4 nitrogen and oxygen atoms in total. The zero-order valence-corrected chi connectivity index (χ0v) is 8.76. The van der Waals surface area contributed by atoms with Crippen LogP contribution in [0.2, 0.25) is 0 Å². The maximum Gasteiger partial charge on any atom is 0.243 e. The van der Waals surface area contributed by atoms with Gasteiger partial charge in [0.2, 0.25) is 5.91 Å². The average molecular weight is 208 g/mol. The molecular formula is C11H16N2O2. The Morgan fingerprint density at radius 1 is 1.47 bits per heavy atom. The van der Waals surface area contributed by atoms with Gasteiger partial charge in [-0.05, 0) is 5.56 Å². The summed E-state index contributed by atoms with van der Waals surface area (Å²) in [5, 5.41) is 8.70. The Kier molecular flexibility index (Phi) is 4.27. The second-order valence-corrected chi connectivity index (χ2v) is 3.37. The van der Waals surface area contributed by atoms with Crippen LogP contribution in [-0.2, 0) is 4.79 Å². The first-order chi connectivity index (χ1) is 7.16. The van der Waals surface area contributed by atoms with E-state index in [2.05, 4.69) is 0 Å². The SMILES string of the molecule is CN(CCO)C(=O)C(N)c1ccccc1. The zero-order chi connectivity index (χ0) is 11.3. The summed E-state index contributed by atoms with van der Waals surface area (Å²) < 4.78 is 0. The van der Waals surface area contributed by atoms with Crippen LogP contribution in [0.15, 0.2) is 30.3 Å². The van der Waals surface area contributed by atoms with Crippen molar-refractivity contribution >= 4 is 5.91 Å². The van der Waals surface area contributed by atoms with E-state index in [0.29, 0.717) is 6.54 Å². The predicted molar refractivity (Wildman–Crippen MR) is 58.1 cm³/mol. The molecule has 1 aromatic rings. The lowest BCUT2D eigenvalue weighted by atomic mass is 10.1. The molecule has 82 valence electrons. The van der Waals surface area contributed by atoms with Crippen molar-refractivity contribution < 1.29 is 9.90 Å². The van der Waals surface area contributed by atoms with E-state index in [0.717, 1.165) is 5.56 Å². The first kappa shape index (κ1) is 11.7. The smallest absolute Gasteiger partial charge is 0.243 e. The molecule has 0 spiro atoms. The van der Waals surface area contributed by atoms with Gasteiger partial charge in [-0.1, -0.05) is 30.3 Å². The lowest BCUT2D eigenvalue weighted by molar-refractivity contribution is -0.131. The van der Waals surface area contributed by atoms with E-state index in [4.69, 9.17) is 10.8 Å². The Morgan fingerprint density at radius 3 is 2.60 bits per heavy atom. The highest BCUT2D eigenvalue weighted by Gasteiger charge is 2.18. The monoisotopic (exact) mass is 208 g/mol. The summed E-state index contributed by atoms with van der Waals surface area (Å²) in [5.74, 6) is -0.185. The van der Waals surface area contributed by atoms with Crippen molar-refractivity contribution in [3.8, 4) is 0 Å². The largest absolute Gasteiger partial charge is 0.395 e. The Labute approximate surface area is 89.3 Å². The fraction of sp³-hybridized carbons (Fsp3) is 0.364. The van der Waals surface area contributed by atoms with Gasteiger partial charge in [-0.3, -0.25) is 4.79 Å². The normalized spacial score (nSPS) is 12.2. The van der Waals surface area contributed by atoms with Crippen molar-refractivity contribution in [2.75, 3.05) is 20.2 Å². The van der Waals surface area contributed by atoms with E-state index in [9.17, 15) is 4.79 Å². The van der Waals surface area contributed by atoms with Crippen LogP contribution in [0.4, 0.5) is 0 Å². The summed E-state index contributed by atoms with van der Waals surface area (Å²) in [6.07, 6.45) is 0. The highest BCUT2D eigenvalue weighted by atomic mass is 16.3. The van der Waals surface area contributed by atoms with Crippen molar-refractivity contribution in [2.45, 2.75) is 6.04 Å². The number of aliphatic hydroxyl groups excluding tert-OH is 1. The van der Waals surface area contributed by atoms with E-state index >= 15 is 0 Å². The lowest BCUT2D eigenvalue weighted by Gasteiger charge is -2.20. The maximum absolute atomic E-state index is 11.7. The molecule has 0 saturated heterocycles. The van der Waals surface area contributed by atoms with E-state index in [1.807, 2.05) is 30.3 Å². The number of benzene rings is 1. The van der Waals surface area contributed by atoms with Crippen molar-refractivity contribution in [3.05, 3.63) is 35.9 Å². The van der Waals surface area contributed by atoms with Crippen LogP contribution in [-0.4, -0.2) is 36.1 Å². The Morgan fingerprint density at radius 2 is 2.07 bits per heavy atom. The third kappa shape index (κ3) is 3.04. The minimum atomic E-state index is -0.650. The van der Waals surface area contributed by atoms with Crippen molar-refractivity contribution in [2.24, 2.45) is 5.73 Å². The fourth-order valence-electron chi connectivity index (χ4n) is 1.30. The number of carbonyl (C=O) groups is 1. The average Bonchev–Trinajstić information content (AvgIpc) is 2.28. The Balaban J connectivity index is 2.69. The second-order valence-electron chi connectivity index (χ2n) is 3.37. The summed E-state index contributed by atoms with van der Waals surface area (Å²) in [4.78, 5) is 13.2. The molecule has 1 aromatic carbocycles. The molecule has 0 aliphatic rings. The number of hydrogen-bond acceptors (Lipinski definition) is 3. The standard InChI is InChI=1S/C11H16N2O2/c1-13(7-8-14)11(15)10(12)9-5-3-2-4-6-9/h2-6,10,14H,7-8,12H2,1H3. The van der Waals surface area contributed by atoms with Crippen LogP contribution in [0.5, 0.6) is 0 Å². The number of aliphatic hydroxyl groups is 1. The number of carbonyl (C=O) groups excluding carboxylic acids is 1. The molecule has 0 radical (unpaired) electrons. The summed E-state index contributed by atoms with van der Waals surface area (Å²) in [6.45, 7) is 0.253. The number of rotatable bonds is 4. The molecule has 1 amide bonds. The van der Waals surface area contributed by atoms with Gasteiger partial charge in [-0.25, -0.2) is 0 Å². The van der Waals surface area contributed by atoms with E-state index in [1.54, 1.807) is 7.05 Å². The molecule has 4 heteroatoms. The number of nitrogens with two attached hydrogens (primary N) is 1. The summed E-state index contributed by atoms with van der Waals surface area (Å²) in [5.41, 5.74) is 6.58. The molecule has 0 saturated carbocycles. The van der Waals surface area contributed by atoms with Gasteiger partial charge < -0.3 is 15.7 Å². The minimum absolute atomic E-state index is 0.0518. The molecule has 0 bridgehead atoms. The summed E-state index contributed by atoms with van der Waals surface area (Å²) >= 11 is 0. The van der Waals surface area contributed by atoms with Gasteiger partial charge in [-0.2, -0.15) is 0 Å². The fourth-order valence-corrected chi connectivity index (χ4v) is 1.30. The van der Waals surface area contributed by atoms with Crippen molar-refractivity contribution in [1.29, 1.82) is 0 Å². The van der Waals surface area contributed by atoms with Gasteiger partial charge in [0.25, 0.3) is 0 Å². The molecule has 1 rings (SSSR count). The van der Waals surface area contributed by atoms with Crippen molar-refractivity contribution in [3.63, 3.8) is 0 Å². The third-order valence-electron chi connectivity index (χ3n) is 2.24. The molecule has 0 aliphatic heterocycles. The van der Waals surface area contributed by atoms with Gasteiger partial charge in [0.1, 0.15) is 6.04 Å². The van der Waals surface area contributed by atoms with Crippen LogP contribution >= 0.6 is 0 Å². The highest BCUT2D eigenvalue weighted by molar-refractivity contribution is 5.82. The van der Waals surface area contributed by atoms with Gasteiger partial charge in [0.05, 0.1) is 6.61 Å².